The summed E-state index contributed by atoms with van der Waals surface area (Å²) in [5.41, 5.74) is 8.18. The predicted molar refractivity (Wildman–Crippen MR) is 155 cm³/mol. The second kappa shape index (κ2) is 10.5. The van der Waals surface area contributed by atoms with E-state index in [-0.39, 0.29) is 0 Å². The van der Waals surface area contributed by atoms with Crippen LogP contribution in [0.4, 0.5) is 0 Å². The number of nitrogens with zero attached hydrogens (tertiary/aromatic N) is 4. The lowest BCUT2D eigenvalue weighted by Crippen LogP contribution is -2.32. The molecule has 0 bridgehead atoms. The molecule has 5 heterocycles. The van der Waals surface area contributed by atoms with Crippen LogP contribution in [0.1, 0.15) is 80.9 Å². The summed E-state index contributed by atoms with van der Waals surface area (Å²) in [4.78, 5) is 18.7. The van der Waals surface area contributed by atoms with Crippen LogP contribution in [-0.4, -0.2) is 48.1 Å². The van der Waals surface area contributed by atoms with Gasteiger partial charge < -0.3 is 9.97 Å². The van der Waals surface area contributed by atoms with Gasteiger partial charge in [-0.1, -0.05) is 44.9 Å². The van der Waals surface area contributed by atoms with Gasteiger partial charge in [-0.2, -0.15) is 5.10 Å². The maximum absolute atomic E-state index is 6.45. The number of aromatic amines is 3. The van der Waals surface area contributed by atoms with Gasteiger partial charge in [-0.3, -0.25) is 10.00 Å². The van der Waals surface area contributed by atoms with Gasteiger partial charge in [0.2, 0.25) is 0 Å². The lowest BCUT2D eigenvalue weighted by atomic mass is 9.87. The Bertz CT molecular complexity index is 1550. The van der Waals surface area contributed by atoms with Crippen LogP contribution in [0.3, 0.4) is 0 Å². The molecule has 0 saturated carbocycles. The molecule has 4 aromatic heterocycles. The zero-order valence-corrected chi connectivity index (χ0v) is 23.2. The minimum absolute atomic E-state index is 0.382. The molecule has 0 aliphatic carbocycles. The van der Waals surface area contributed by atoms with Crippen molar-refractivity contribution in [2.24, 2.45) is 0 Å². The zero-order chi connectivity index (χ0) is 26.2. The second-order valence-electron chi connectivity index (χ2n) is 11.0. The Morgan fingerprint density at radius 3 is 2.74 bits per heavy atom. The number of imidazole rings is 1. The van der Waals surface area contributed by atoms with Gasteiger partial charge in [-0.05, 0) is 73.5 Å². The molecular weight excluding hydrogens is 494 g/mol. The number of likely N-dealkylation sites (tertiary alicyclic amines) is 1. The number of fused-ring (bicyclic) bond motifs is 2. The Kier molecular flexibility index (Phi) is 6.97. The molecule has 6 rings (SSSR count). The quantitative estimate of drug-likeness (QED) is 0.196. The minimum atomic E-state index is 0.382. The van der Waals surface area contributed by atoms with E-state index in [1.807, 2.05) is 12.4 Å². The first-order valence-corrected chi connectivity index (χ1v) is 14.3. The second-order valence-corrected chi connectivity index (χ2v) is 11.3. The average Bonchev–Trinajstić information content (AvgIpc) is 3.64. The van der Waals surface area contributed by atoms with Crippen LogP contribution in [0, 0.1) is 0 Å². The molecule has 0 radical (unpaired) electrons. The molecule has 1 fully saturated rings. The standard InChI is InChI=1S/C30H36ClN7/c1-4-5-6-26-34-25(29(31)36-26)17-38-13-10-19(11-14-38)20-7-8-24-22(15-20)27(18(2)3)28(35-24)21-9-12-32-30-23(21)16-33-37-30/h7-9,12,15-16,18-19,35H,4-6,10-11,13-14,17H2,1-3H3,(H,34,36)(H,32,33,37). The van der Waals surface area contributed by atoms with E-state index in [0.29, 0.717) is 17.0 Å². The van der Waals surface area contributed by atoms with Gasteiger partial charge in [0, 0.05) is 41.0 Å². The van der Waals surface area contributed by atoms with E-state index >= 15 is 0 Å². The normalized spacial score (nSPS) is 15.4. The summed E-state index contributed by atoms with van der Waals surface area (Å²) in [6, 6.07) is 9.11. The number of hydrogen-bond acceptors (Lipinski definition) is 4. The SMILES string of the molecule is CCCCc1nc(Cl)c(CN2CCC(c3ccc4[nH]c(-c5ccnc6[nH]ncc56)c(C(C)C)c4c3)CC2)[nH]1. The highest BCUT2D eigenvalue weighted by Gasteiger charge is 2.24. The van der Waals surface area contributed by atoms with Crippen molar-refractivity contribution in [2.75, 3.05) is 13.1 Å². The summed E-state index contributed by atoms with van der Waals surface area (Å²) in [5.74, 6) is 1.96. The molecule has 198 valence electrons. The lowest BCUT2D eigenvalue weighted by Gasteiger charge is -2.32. The summed E-state index contributed by atoms with van der Waals surface area (Å²) in [7, 11) is 0. The van der Waals surface area contributed by atoms with E-state index in [4.69, 9.17) is 11.6 Å². The molecule has 0 unspecified atom stereocenters. The third-order valence-corrected chi connectivity index (χ3v) is 8.36. The number of hydrogen-bond donors (Lipinski definition) is 3. The van der Waals surface area contributed by atoms with Gasteiger partial charge in [-0.15, -0.1) is 0 Å². The number of benzene rings is 1. The van der Waals surface area contributed by atoms with Gasteiger partial charge in [-0.25, -0.2) is 9.97 Å². The zero-order valence-electron chi connectivity index (χ0n) is 22.4. The highest BCUT2D eigenvalue weighted by molar-refractivity contribution is 6.30. The molecule has 1 saturated heterocycles. The smallest absolute Gasteiger partial charge is 0.155 e. The summed E-state index contributed by atoms with van der Waals surface area (Å²) >= 11 is 6.45. The molecule has 0 spiro atoms. The number of nitrogens with one attached hydrogen (secondary N) is 3. The molecule has 1 aliphatic rings. The van der Waals surface area contributed by atoms with Gasteiger partial charge in [0.15, 0.2) is 10.8 Å². The molecule has 8 heteroatoms. The molecule has 7 nitrogen and oxygen atoms in total. The van der Waals surface area contributed by atoms with E-state index in [0.717, 1.165) is 79.9 Å². The Morgan fingerprint density at radius 2 is 1.95 bits per heavy atom. The van der Waals surface area contributed by atoms with Gasteiger partial charge >= 0.3 is 0 Å². The number of pyridine rings is 1. The van der Waals surface area contributed by atoms with Crippen molar-refractivity contribution in [1.29, 1.82) is 0 Å². The van der Waals surface area contributed by atoms with Crippen molar-refractivity contribution in [2.45, 2.75) is 71.3 Å². The average molecular weight is 530 g/mol. The maximum atomic E-state index is 6.45. The molecule has 3 N–H and O–H groups in total. The first-order chi connectivity index (χ1) is 18.5. The molecule has 38 heavy (non-hydrogen) atoms. The molecular formula is C30H36ClN7. The van der Waals surface area contributed by atoms with E-state index in [1.165, 1.54) is 27.7 Å². The van der Waals surface area contributed by atoms with Crippen molar-refractivity contribution in [3.63, 3.8) is 0 Å². The van der Waals surface area contributed by atoms with E-state index in [9.17, 15) is 0 Å². The van der Waals surface area contributed by atoms with Gasteiger partial charge in [0.25, 0.3) is 0 Å². The topological polar surface area (TPSA) is 89.3 Å². The Labute approximate surface area is 228 Å². The molecule has 1 aliphatic heterocycles. The summed E-state index contributed by atoms with van der Waals surface area (Å²) in [5, 5.41) is 10.2. The Balaban J connectivity index is 1.22. The van der Waals surface area contributed by atoms with Crippen LogP contribution in [0.5, 0.6) is 0 Å². The number of piperidine rings is 1. The summed E-state index contributed by atoms with van der Waals surface area (Å²) in [6.07, 6.45) is 9.28. The van der Waals surface area contributed by atoms with E-state index in [2.05, 4.69) is 80.1 Å². The number of H-pyrrole nitrogens is 3. The van der Waals surface area contributed by atoms with Crippen LogP contribution in [-0.2, 0) is 13.0 Å². The third kappa shape index (κ3) is 4.74. The fraction of sp³-hybridized carbons (Fsp3) is 0.433. The van der Waals surface area contributed by atoms with Crippen LogP contribution in [0.15, 0.2) is 36.7 Å². The highest BCUT2D eigenvalue weighted by Crippen LogP contribution is 2.40. The van der Waals surface area contributed by atoms with Crippen molar-refractivity contribution in [3.8, 4) is 11.3 Å². The number of unbranched alkanes of at least 4 members (excludes halogenated alkanes) is 1. The molecule has 1 aromatic carbocycles. The van der Waals surface area contributed by atoms with Crippen molar-refractivity contribution in [1.82, 2.24) is 35.0 Å². The predicted octanol–water partition coefficient (Wildman–Crippen LogP) is 7.33. The highest BCUT2D eigenvalue weighted by atomic mass is 35.5. The van der Waals surface area contributed by atoms with E-state index < -0.39 is 0 Å². The van der Waals surface area contributed by atoms with Crippen molar-refractivity contribution in [3.05, 3.63) is 64.5 Å². The van der Waals surface area contributed by atoms with Crippen LogP contribution in [0.2, 0.25) is 5.15 Å². The lowest BCUT2D eigenvalue weighted by molar-refractivity contribution is 0.203. The summed E-state index contributed by atoms with van der Waals surface area (Å²) in [6.45, 7) is 9.72. The number of rotatable bonds is 8. The molecule has 0 amide bonds. The largest absolute Gasteiger partial charge is 0.354 e. The number of halogens is 1. The van der Waals surface area contributed by atoms with Crippen LogP contribution >= 0.6 is 11.6 Å². The molecule has 0 atom stereocenters. The molecule has 5 aromatic rings. The minimum Gasteiger partial charge on any atom is -0.354 e. The fourth-order valence-electron chi connectivity index (χ4n) is 6.02. The van der Waals surface area contributed by atoms with Gasteiger partial charge in [0.05, 0.1) is 17.6 Å². The first-order valence-electron chi connectivity index (χ1n) is 13.9. The third-order valence-electron chi connectivity index (χ3n) is 8.05. The Hall–Kier alpha value is -3.16. The van der Waals surface area contributed by atoms with Crippen molar-refractivity contribution < 1.29 is 0 Å². The fourth-order valence-corrected chi connectivity index (χ4v) is 6.23. The van der Waals surface area contributed by atoms with Crippen LogP contribution in [0.25, 0.3) is 33.2 Å². The van der Waals surface area contributed by atoms with E-state index in [1.54, 1.807) is 0 Å². The van der Waals surface area contributed by atoms with Crippen LogP contribution < -0.4 is 0 Å². The maximum Gasteiger partial charge on any atom is 0.155 e. The number of aryl methyl sites for hydroxylation is 1. The number of aromatic nitrogens is 6. The van der Waals surface area contributed by atoms with Gasteiger partial charge in [0.1, 0.15) is 5.82 Å². The van der Waals surface area contributed by atoms with Crippen molar-refractivity contribution >= 4 is 33.5 Å². The Morgan fingerprint density at radius 1 is 1.11 bits per heavy atom. The first kappa shape index (κ1) is 25.1. The summed E-state index contributed by atoms with van der Waals surface area (Å²) < 4.78 is 0. The monoisotopic (exact) mass is 529 g/mol.